The van der Waals surface area contributed by atoms with Crippen molar-refractivity contribution < 1.29 is 22.5 Å². The standard InChI is InChI=1S/C28H34N4O2.C7H8O3S/c1-7-19-15-23(21-13-14-26(32(5)6)29-17(21)3)24(8-2)30-28(19)31-27-22-12-10-9-11-20(22)16-25(27)34-18(4)33;1-6-2-4-7(5-3-6)11(8,9)10/h9-15,25,27H,7-8,16H2,1-6H3,(H,30,31);2-5H,1H3,(H,8,9,10)/t25-,27+;/m0./s1. The minimum atomic E-state index is -4.02. The van der Waals surface area contributed by atoms with Gasteiger partial charge < -0.3 is 15.0 Å². The molecule has 0 spiro atoms. The highest BCUT2D eigenvalue weighted by Gasteiger charge is 2.35. The zero-order valence-corrected chi connectivity index (χ0v) is 27.8. The second-order valence-electron chi connectivity index (χ2n) is 11.4. The molecule has 2 heterocycles. The number of rotatable bonds is 8. The lowest BCUT2D eigenvalue weighted by atomic mass is 9.98. The van der Waals surface area contributed by atoms with Crippen LogP contribution in [-0.2, 0) is 38.9 Å². The lowest BCUT2D eigenvalue weighted by Gasteiger charge is -2.25. The van der Waals surface area contributed by atoms with Crippen LogP contribution in [0.1, 0.15) is 60.5 Å². The zero-order chi connectivity index (χ0) is 32.9. The van der Waals surface area contributed by atoms with Gasteiger partial charge in [0.2, 0.25) is 0 Å². The molecule has 9 nitrogen and oxygen atoms in total. The zero-order valence-electron chi connectivity index (χ0n) is 27.0. The highest BCUT2D eigenvalue weighted by Crippen LogP contribution is 2.38. The minimum Gasteiger partial charge on any atom is -0.460 e. The molecule has 5 rings (SSSR count). The molecule has 4 aromatic rings. The fraction of sp³-hybridized carbons (Fsp3) is 0.343. The topological polar surface area (TPSA) is 122 Å². The molecule has 2 N–H and O–H groups in total. The third-order valence-electron chi connectivity index (χ3n) is 7.83. The Balaban J connectivity index is 0.000000354. The third-order valence-corrected chi connectivity index (χ3v) is 8.69. The Morgan fingerprint density at radius 3 is 2.24 bits per heavy atom. The van der Waals surface area contributed by atoms with E-state index in [-0.39, 0.29) is 23.0 Å². The Morgan fingerprint density at radius 1 is 0.978 bits per heavy atom. The van der Waals surface area contributed by atoms with Crippen LogP contribution < -0.4 is 10.2 Å². The van der Waals surface area contributed by atoms with Gasteiger partial charge in [-0.15, -0.1) is 0 Å². The largest absolute Gasteiger partial charge is 0.460 e. The number of aromatic nitrogens is 2. The van der Waals surface area contributed by atoms with Crippen LogP contribution in [0.2, 0.25) is 0 Å². The Morgan fingerprint density at radius 2 is 1.67 bits per heavy atom. The predicted octanol–water partition coefficient (Wildman–Crippen LogP) is 6.53. The number of hydrogen-bond donors (Lipinski definition) is 2. The summed E-state index contributed by atoms with van der Waals surface area (Å²) < 4.78 is 35.3. The maximum atomic E-state index is 11.8. The number of fused-ring (bicyclic) bond motifs is 1. The molecule has 1 aliphatic carbocycles. The van der Waals surface area contributed by atoms with Crippen LogP contribution in [0.4, 0.5) is 11.6 Å². The number of ether oxygens (including phenoxy) is 1. The van der Waals surface area contributed by atoms with Crippen LogP contribution in [-0.4, -0.2) is 49.1 Å². The van der Waals surface area contributed by atoms with Crippen LogP contribution in [0, 0.1) is 13.8 Å². The van der Waals surface area contributed by atoms with Gasteiger partial charge in [0, 0.05) is 44.3 Å². The van der Waals surface area contributed by atoms with E-state index in [4.69, 9.17) is 19.3 Å². The first kappa shape index (κ1) is 33.6. The molecule has 0 bridgehead atoms. The average molecular weight is 631 g/mol. The Kier molecular flexibility index (Phi) is 10.6. The number of anilines is 2. The van der Waals surface area contributed by atoms with E-state index in [0.717, 1.165) is 58.1 Å². The first-order valence-corrected chi connectivity index (χ1v) is 16.5. The number of carbonyl (C=O) groups is 1. The van der Waals surface area contributed by atoms with Gasteiger partial charge in [-0.2, -0.15) is 8.42 Å². The van der Waals surface area contributed by atoms with E-state index in [0.29, 0.717) is 6.42 Å². The average Bonchev–Trinajstić information content (AvgIpc) is 3.32. The van der Waals surface area contributed by atoms with E-state index in [1.165, 1.54) is 30.2 Å². The SMILES string of the molecule is CCc1cc(-c2ccc(N(C)C)nc2C)c(CC)nc1N[C@@H]1c2ccccc2C[C@@H]1OC(C)=O.Cc1ccc(S(=O)(=O)O)cc1. The summed E-state index contributed by atoms with van der Waals surface area (Å²) >= 11 is 0. The van der Waals surface area contributed by atoms with Crippen molar-refractivity contribution >= 4 is 27.7 Å². The van der Waals surface area contributed by atoms with Crippen LogP contribution in [0.5, 0.6) is 0 Å². The summed E-state index contributed by atoms with van der Waals surface area (Å²) in [6.07, 6.45) is 2.09. The smallest absolute Gasteiger partial charge is 0.302 e. The number of pyridine rings is 2. The molecule has 2 aromatic heterocycles. The lowest BCUT2D eigenvalue weighted by molar-refractivity contribution is -0.146. The van der Waals surface area contributed by atoms with Crippen LogP contribution in [0.25, 0.3) is 11.1 Å². The monoisotopic (exact) mass is 630 g/mol. The van der Waals surface area contributed by atoms with Crippen molar-refractivity contribution in [3.05, 3.63) is 100 Å². The highest BCUT2D eigenvalue weighted by atomic mass is 32.2. The van der Waals surface area contributed by atoms with Gasteiger partial charge in [-0.3, -0.25) is 9.35 Å². The van der Waals surface area contributed by atoms with Gasteiger partial charge in [0.1, 0.15) is 17.7 Å². The van der Waals surface area contributed by atoms with E-state index >= 15 is 0 Å². The summed E-state index contributed by atoms with van der Waals surface area (Å²) in [5.74, 6) is 1.54. The quantitative estimate of drug-likeness (QED) is 0.165. The number of aryl methyl sites for hydroxylation is 4. The number of esters is 1. The molecule has 238 valence electrons. The van der Waals surface area contributed by atoms with Crippen LogP contribution >= 0.6 is 0 Å². The summed E-state index contributed by atoms with van der Waals surface area (Å²) in [5.41, 5.74) is 8.72. The van der Waals surface area contributed by atoms with Gasteiger partial charge in [-0.1, -0.05) is 55.8 Å². The molecular formula is C35H42N4O5S. The molecule has 2 aromatic carbocycles. The number of nitrogens with one attached hydrogen (secondary N) is 1. The fourth-order valence-electron chi connectivity index (χ4n) is 5.48. The molecule has 0 radical (unpaired) electrons. The molecule has 0 saturated heterocycles. The molecule has 10 heteroatoms. The number of carbonyl (C=O) groups excluding carboxylic acids is 1. The predicted molar refractivity (Wildman–Crippen MR) is 178 cm³/mol. The van der Waals surface area contributed by atoms with E-state index < -0.39 is 10.1 Å². The molecule has 1 aliphatic rings. The minimum absolute atomic E-state index is 0.0666. The normalized spacial score (nSPS) is 15.5. The summed E-state index contributed by atoms with van der Waals surface area (Å²) in [6, 6.07) is 20.6. The molecule has 0 amide bonds. The van der Waals surface area contributed by atoms with Gasteiger partial charge >= 0.3 is 5.97 Å². The summed E-state index contributed by atoms with van der Waals surface area (Å²) in [6.45, 7) is 9.64. The Bertz CT molecular complexity index is 1770. The number of benzene rings is 2. The molecule has 0 unspecified atom stereocenters. The van der Waals surface area contributed by atoms with E-state index in [1.807, 2.05) is 38.1 Å². The fourth-order valence-corrected chi connectivity index (χ4v) is 5.96. The van der Waals surface area contributed by atoms with E-state index in [2.05, 4.69) is 56.4 Å². The van der Waals surface area contributed by atoms with Crippen molar-refractivity contribution in [2.75, 3.05) is 24.3 Å². The van der Waals surface area contributed by atoms with Crippen LogP contribution in [0.15, 0.2) is 71.6 Å². The van der Waals surface area contributed by atoms with Gasteiger partial charge in [0.25, 0.3) is 10.1 Å². The third kappa shape index (κ3) is 8.06. The first-order chi connectivity index (χ1) is 21.3. The highest BCUT2D eigenvalue weighted by molar-refractivity contribution is 7.85. The van der Waals surface area contributed by atoms with Crippen molar-refractivity contribution in [1.29, 1.82) is 0 Å². The van der Waals surface area contributed by atoms with Crippen molar-refractivity contribution in [3.8, 4) is 11.1 Å². The van der Waals surface area contributed by atoms with Crippen molar-refractivity contribution in [3.63, 3.8) is 0 Å². The molecule has 0 saturated carbocycles. The van der Waals surface area contributed by atoms with E-state index in [9.17, 15) is 13.2 Å². The number of nitrogens with zero attached hydrogens (tertiary/aromatic N) is 3. The van der Waals surface area contributed by atoms with E-state index in [1.54, 1.807) is 12.1 Å². The van der Waals surface area contributed by atoms with Gasteiger partial charge in [0.05, 0.1) is 16.6 Å². The summed E-state index contributed by atoms with van der Waals surface area (Å²) in [4.78, 5) is 23.6. The molecule has 0 fully saturated rings. The molecule has 45 heavy (non-hydrogen) atoms. The van der Waals surface area contributed by atoms with Gasteiger partial charge in [0.15, 0.2) is 0 Å². The van der Waals surface area contributed by atoms with Gasteiger partial charge in [-0.05, 0) is 73.7 Å². The van der Waals surface area contributed by atoms with Crippen molar-refractivity contribution in [1.82, 2.24) is 9.97 Å². The van der Waals surface area contributed by atoms with Crippen molar-refractivity contribution in [2.24, 2.45) is 0 Å². The Hall–Kier alpha value is -4.28. The lowest BCUT2D eigenvalue weighted by Crippen LogP contribution is -2.27. The van der Waals surface area contributed by atoms with Gasteiger partial charge in [-0.25, -0.2) is 9.97 Å². The second-order valence-corrected chi connectivity index (χ2v) is 12.8. The first-order valence-electron chi connectivity index (χ1n) is 15.1. The number of hydrogen-bond acceptors (Lipinski definition) is 8. The van der Waals surface area contributed by atoms with Crippen LogP contribution in [0.3, 0.4) is 0 Å². The molecule has 0 aliphatic heterocycles. The molecular weight excluding hydrogens is 588 g/mol. The maximum Gasteiger partial charge on any atom is 0.302 e. The summed E-state index contributed by atoms with van der Waals surface area (Å²) in [5, 5.41) is 3.65. The maximum absolute atomic E-state index is 11.8. The molecule has 2 atom stereocenters. The Labute approximate surface area is 266 Å². The summed E-state index contributed by atoms with van der Waals surface area (Å²) in [7, 11) is -0.0188. The second kappa shape index (κ2) is 14.2. The van der Waals surface area contributed by atoms with Crippen molar-refractivity contribution in [2.45, 2.75) is 70.9 Å².